The molecule has 132 valence electrons. The molecular weight excluding hydrogens is 331 g/mol. The summed E-state index contributed by atoms with van der Waals surface area (Å²) in [7, 11) is 2.06. The van der Waals surface area contributed by atoms with Crippen LogP contribution >= 0.6 is 11.6 Å². The summed E-state index contributed by atoms with van der Waals surface area (Å²) in [4.78, 5) is 13.3. The van der Waals surface area contributed by atoms with E-state index in [4.69, 9.17) is 16.7 Å². The maximum Gasteiger partial charge on any atom is 0.306 e. The molecule has 1 saturated heterocycles. The predicted molar refractivity (Wildman–Crippen MR) is 91.7 cm³/mol. The van der Waals surface area contributed by atoms with Gasteiger partial charge in [-0.05, 0) is 56.8 Å². The van der Waals surface area contributed by atoms with Crippen molar-refractivity contribution in [1.82, 2.24) is 10.2 Å². The molecule has 6 heteroatoms. The minimum absolute atomic E-state index is 0.119. The van der Waals surface area contributed by atoms with Crippen molar-refractivity contribution in [3.63, 3.8) is 0 Å². The number of rotatable bonds is 4. The van der Waals surface area contributed by atoms with Crippen LogP contribution in [0.25, 0.3) is 0 Å². The van der Waals surface area contributed by atoms with E-state index >= 15 is 0 Å². The quantitative estimate of drug-likeness (QED) is 0.869. The third-order valence-corrected chi connectivity index (χ3v) is 5.77. The first-order chi connectivity index (χ1) is 11.5. The van der Waals surface area contributed by atoms with Gasteiger partial charge in [-0.1, -0.05) is 17.7 Å². The topological polar surface area (TPSA) is 52.6 Å². The number of halogens is 2. The van der Waals surface area contributed by atoms with E-state index in [2.05, 4.69) is 17.3 Å². The molecule has 0 radical (unpaired) electrons. The van der Waals surface area contributed by atoms with Crippen LogP contribution in [0.3, 0.4) is 0 Å². The second kappa shape index (κ2) is 7.38. The summed E-state index contributed by atoms with van der Waals surface area (Å²) in [6.07, 6.45) is 4.24. The van der Waals surface area contributed by atoms with Gasteiger partial charge in [0.15, 0.2) is 0 Å². The highest BCUT2D eigenvalue weighted by Crippen LogP contribution is 2.34. The van der Waals surface area contributed by atoms with Gasteiger partial charge in [0.05, 0.1) is 10.9 Å². The largest absolute Gasteiger partial charge is 0.481 e. The summed E-state index contributed by atoms with van der Waals surface area (Å²) in [5.74, 6) is -1.26. The number of hydrogen-bond acceptors (Lipinski definition) is 3. The maximum atomic E-state index is 13.8. The molecule has 1 aromatic carbocycles. The number of carboxylic acid groups (broad SMARTS) is 1. The van der Waals surface area contributed by atoms with E-state index in [-0.39, 0.29) is 28.8 Å². The summed E-state index contributed by atoms with van der Waals surface area (Å²) in [5.41, 5.74) is 0.939. The van der Waals surface area contributed by atoms with E-state index in [1.807, 2.05) is 6.07 Å². The zero-order valence-electron chi connectivity index (χ0n) is 13.8. The highest BCUT2D eigenvalue weighted by molar-refractivity contribution is 6.30. The number of aliphatic carboxylic acids is 1. The van der Waals surface area contributed by atoms with Crippen molar-refractivity contribution in [3.8, 4) is 0 Å². The number of nitrogens with one attached hydrogen (secondary N) is 1. The van der Waals surface area contributed by atoms with Gasteiger partial charge >= 0.3 is 5.97 Å². The van der Waals surface area contributed by atoms with E-state index in [0.29, 0.717) is 6.04 Å². The summed E-state index contributed by atoms with van der Waals surface area (Å²) < 4.78 is 13.8. The van der Waals surface area contributed by atoms with E-state index in [9.17, 15) is 9.18 Å². The summed E-state index contributed by atoms with van der Waals surface area (Å²) in [6, 6.07) is 5.76. The first-order valence-electron chi connectivity index (χ1n) is 8.59. The van der Waals surface area contributed by atoms with Crippen molar-refractivity contribution in [2.45, 2.75) is 50.2 Å². The number of hydrogen-bond donors (Lipinski definition) is 2. The monoisotopic (exact) mass is 354 g/mol. The number of likely N-dealkylation sites (N-methyl/N-ethyl adjacent to an activating group) is 1. The van der Waals surface area contributed by atoms with Crippen LogP contribution in [0.2, 0.25) is 5.02 Å². The molecule has 2 fully saturated rings. The van der Waals surface area contributed by atoms with Crippen LogP contribution in [0.4, 0.5) is 4.39 Å². The normalized spacial score (nSPS) is 31.3. The Balaban J connectivity index is 1.66. The molecular formula is C18H24ClFN2O2. The van der Waals surface area contributed by atoms with Crippen LogP contribution in [0.15, 0.2) is 18.2 Å². The number of likely N-dealkylation sites (tertiary alicyclic amines) is 1. The summed E-state index contributed by atoms with van der Waals surface area (Å²) in [5, 5.41) is 13.0. The van der Waals surface area contributed by atoms with Crippen LogP contribution in [0.1, 0.15) is 43.7 Å². The molecule has 0 amide bonds. The molecule has 0 bridgehead atoms. The van der Waals surface area contributed by atoms with Gasteiger partial charge in [-0.3, -0.25) is 9.69 Å². The lowest BCUT2D eigenvalue weighted by molar-refractivity contribution is -0.142. The second-order valence-corrected chi connectivity index (χ2v) is 7.45. The lowest BCUT2D eigenvalue weighted by Crippen LogP contribution is -2.43. The predicted octanol–water partition coefficient (Wildman–Crippen LogP) is 3.46. The summed E-state index contributed by atoms with van der Waals surface area (Å²) >= 11 is 5.80. The van der Waals surface area contributed by atoms with Crippen LogP contribution in [-0.2, 0) is 4.79 Å². The fraction of sp³-hybridized carbons (Fsp3) is 0.611. The van der Waals surface area contributed by atoms with Gasteiger partial charge in [0.2, 0.25) is 0 Å². The molecule has 3 rings (SSSR count). The third kappa shape index (κ3) is 3.73. The molecule has 2 N–H and O–H groups in total. The SMILES string of the molecule is CN1CCC(NC2CCC(C(=O)O)CC2)C1c1ccc(Cl)c(F)c1. The molecule has 1 aromatic rings. The molecule has 1 aliphatic carbocycles. The average molecular weight is 355 g/mol. The van der Waals surface area contributed by atoms with Crippen molar-refractivity contribution in [2.75, 3.05) is 13.6 Å². The Morgan fingerprint density at radius 3 is 2.62 bits per heavy atom. The fourth-order valence-electron chi connectivity index (χ4n) is 4.11. The van der Waals surface area contributed by atoms with Crippen LogP contribution in [0, 0.1) is 11.7 Å². The van der Waals surface area contributed by atoms with Gasteiger partial charge in [0, 0.05) is 24.7 Å². The molecule has 4 nitrogen and oxygen atoms in total. The smallest absolute Gasteiger partial charge is 0.306 e. The Bertz CT molecular complexity index is 605. The van der Waals surface area contributed by atoms with Crippen molar-refractivity contribution in [3.05, 3.63) is 34.6 Å². The van der Waals surface area contributed by atoms with Crippen LogP contribution in [0.5, 0.6) is 0 Å². The Morgan fingerprint density at radius 2 is 2.00 bits per heavy atom. The summed E-state index contributed by atoms with van der Waals surface area (Å²) in [6.45, 7) is 0.955. The minimum Gasteiger partial charge on any atom is -0.481 e. The van der Waals surface area contributed by atoms with Gasteiger partial charge in [0.25, 0.3) is 0 Å². The zero-order chi connectivity index (χ0) is 17.3. The van der Waals surface area contributed by atoms with Crippen LogP contribution in [-0.4, -0.2) is 41.7 Å². The van der Waals surface area contributed by atoms with Gasteiger partial charge in [-0.2, -0.15) is 0 Å². The van der Waals surface area contributed by atoms with Crippen molar-refractivity contribution in [1.29, 1.82) is 0 Å². The van der Waals surface area contributed by atoms with E-state index < -0.39 is 5.97 Å². The van der Waals surface area contributed by atoms with Crippen LogP contribution < -0.4 is 5.32 Å². The molecule has 0 spiro atoms. The molecule has 2 aliphatic rings. The Kier molecular flexibility index (Phi) is 5.42. The first kappa shape index (κ1) is 17.6. The Morgan fingerprint density at radius 1 is 1.29 bits per heavy atom. The van der Waals surface area contributed by atoms with E-state index in [1.54, 1.807) is 6.07 Å². The van der Waals surface area contributed by atoms with Gasteiger partial charge < -0.3 is 10.4 Å². The van der Waals surface area contributed by atoms with Crippen molar-refractivity contribution in [2.24, 2.45) is 5.92 Å². The van der Waals surface area contributed by atoms with E-state index in [0.717, 1.165) is 44.2 Å². The molecule has 1 saturated carbocycles. The van der Waals surface area contributed by atoms with Crippen molar-refractivity contribution < 1.29 is 14.3 Å². The third-order valence-electron chi connectivity index (χ3n) is 5.46. The molecule has 2 atom stereocenters. The second-order valence-electron chi connectivity index (χ2n) is 7.05. The Labute approximate surface area is 147 Å². The fourth-order valence-corrected chi connectivity index (χ4v) is 4.23. The number of nitrogens with zero attached hydrogens (tertiary/aromatic N) is 1. The zero-order valence-corrected chi connectivity index (χ0v) is 14.6. The molecule has 2 unspecified atom stereocenters. The Hall–Kier alpha value is -1.17. The highest BCUT2D eigenvalue weighted by atomic mass is 35.5. The molecule has 1 heterocycles. The molecule has 1 aliphatic heterocycles. The van der Waals surface area contributed by atoms with Crippen molar-refractivity contribution >= 4 is 17.6 Å². The van der Waals surface area contributed by atoms with Gasteiger partial charge in [0.1, 0.15) is 5.82 Å². The first-order valence-corrected chi connectivity index (χ1v) is 8.97. The lowest BCUT2D eigenvalue weighted by atomic mass is 9.85. The highest BCUT2D eigenvalue weighted by Gasteiger charge is 2.36. The van der Waals surface area contributed by atoms with Gasteiger partial charge in [-0.25, -0.2) is 4.39 Å². The number of benzene rings is 1. The standard InChI is InChI=1S/C18H24ClFN2O2/c1-22-9-8-16(17(22)12-4-7-14(19)15(20)10-12)21-13-5-2-11(3-6-13)18(23)24/h4,7,10-11,13,16-17,21H,2-3,5-6,8-9H2,1H3,(H,23,24). The number of carbonyl (C=O) groups is 1. The lowest BCUT2D eigenvalue weighted by Gasteiger charge is -2.33. The van der Waals surface area contributed by atoms with Gasteiger partial charge in [-0.15, -0.1) is 0 Å². The van der Waals surface area contributed by atoms with E-state index in [1.165, 1.54) is 6.07 Å². The minimum atomic E-state index is -0.677. The molecule has 0 aromatic heterocycles. The maximum absolute atomic E-state index is 13.8. The molecule has 24 heavy (non-hydrogen) atoms. The average Bonchev–Trinajstić information content (AvgIpc) is 2.91. The number of carboxylic acids is 1.